The second-order valence-corrected chi connectivity index (χ2v) is 5.25. The highest BCUT2D eigenvalue weighted by Crippen LogP contribution is 2.29. The molecule has 0 aliphatic carbocycles. The van der Waals surface area contributed by atoms with Crippen LogP contribution in [0, 0.1) is 18.3 Å². The molecule has 1 aromatic carbocycles. The molecule has 5 heteroatoms. The summed E-state index contributed by atoms with van der Waals surface area (Å²) in [6.45, 7) is 4.04. The Bertz CT molecular complexity index is 615. The monoisotopic (exact) mass is 273 g/mol. The van der Waals surface area contributed by atoms with Crippen LogP contribution >= 0.6 is 11.3 Å². The molecule has 4 nitrogen and oxygen atoms in total. The van der Waals surface area contributed by atoms with Crippen LogP contribution in [0.2, 0.25) is 0 Å². The summed E-state index contributed by atoms with van der Waals surface area (Å²) in [6, 6.07) is 7.53. The Morgan fingerprint density at radius 2 is 2.26 bits per heavy atom. The van der Waals surface area contributed by atoms with Crippen LogP contribution in [0.25, 0.3) is 0 Å². The van der Waals surface area contributed by atoms with Crippen molar-refractivity contribution >= 4 is 17.0 Å². The van der Waals surface area contributed by atoms with Gasteiger partial charge in [-0.15, -0.1) is 11.3 Å². The van der Waals surface area contributed by atoms with Gasteiger partial charge in [0.2, 0.25) is 0 Å². The maximum absolute atomic E-state index is 8.88. The highest BCUT2D eigenvalue weighted by molar-refractivity contribution is 7.09. The maximum Gasteiger partial charge on any atom is 0.143 e. The quantitative estimate of drug-likeness (QED) is 0.926. The zero-order valence-electron chi connectivity index (χ0n) is 11.1. The number of thiazole rings is 1. The van der Waals surface area contributed by atoms with Gasteiger partial charge in [-0.25, -0.2) is 4.98 Å². The molecule has 0 aliphatic rings. The van der Waals surface area contributed by atoms with Gasteiger partial charge in [-0.3, -0.25) is 0 Å². The summed E-state index contributed by atoms with van der Waals surface area (Å²) in [5, 5.41) is 15.3. The normalized spacial score (nSPS) is 11.7. The van der Waals surface area contributed by atoms with Crippen LogP contribution in [-0.2, 0) is 0 Å². The molecule has 0 spiro atoms. The Morgan fingerprint density at radius 1 is 1.47 bits per heavy atom. The fraction of sp³-hybridized carbons (Fsp3) is 0.286. The lowest BCUT2D eigenvalue weighted by Crippen LogP contribution is -2.08. The van der Waals surface area contributed by atoms with Crippen molar-refractivity contribution in [2.45, 2.75) is 19.9 Å². The van der Waals surface area contributed by atoms with E-state index in [-0.39, 0.29) is 6.04 Å². The fourth-order valence-electron chi connectivity index (χ4n) is 1.77. The zero-order valence-corrected chi connectivity index (χ0v) is 11.9. The molecule has 1 aromatic heterocycles. The van der Waals surface area contributed by atoms with E-state index in [4.69, 9.17) is 10.00 Å². The number of ether oxygens (including phenoxy) is 1. The molecule has 2 rings (SSSR count). The minimum atomic E-state index is 0.0896. The lowest BCUT2D eigenvalue weighted by molar-refractivity contribution is 0.416. The fourth-order valence-corrected chi connectivity index (χ4v) is 2.47. The minimum Gasteiger partial charge on any atom is -0.495 e. The first kappa shape index (κ1) is 13.4. The summed E-state index contributed by atoms with van der Waals surface area (Å²) in [4.78, 5) is 4.46. The van der Waals surface area contributed by atoms with Crippen molar-refractivity contribution in [3.05, 3.63) is 39.8 Å². The standard InChI is InChI=1S/C14H15N3OS/c1-9(13-8-19-10(2)17-13)16-12-5-4-11(7-15)6-14(12)18-3/h4-6,8-9,16H,1-3H3. The summed E-state index contributed by atoms with van der Waals surface area (Å²) in [5.74, 6) is 0.665. The van der Waals surface area contributed by atoms with Gasteiger partial charge in [-0.1, -0.05) is 0 Å². The Hall–Kier alpha value is -2.06. The molecule has 1 unspecified atom stereocenters. The summed E-state index contributed by atoms with van der Waals surface area (Å²) >= 11 is 1.63. The number of anilines is 1. The van der Waals surface area contributed by atoms with Crippen molar-refractivity contribution in [2.75, 3.05) is 12.4 Å². The van der Waals surface area contributed by atoms with E-state index in [2.05, 4.69) is 16.4 Å². The van der Waals surface area contributed by atoms with Crippen molar-refractivity contribution in [3.8, 4) is 11.8 Å². The van der Waals surface area contributed by atoms with Gasteiger partial charge in [-0.05, 0) is 26.0 Å². The smallest absolute Gasteiger partial charge is 0.143 e. The Labute approximate surface area is 116 Å². The molecule has 0 bridgehead atoms. The number of rotatable bonds is 4. The second kappa shape index (κ2) is 5.72. The summed E-state index contributed by atoms with van der Waals surface area (Å²) in [6.07, 6.45) is 0. The lowest BCUT2D eigenvalue weighted by atomic mass is 10.1. The van der Waals surface area contributed by atoms with Gasteiger partial charge in [0.15, 0.2) is 0 Å². The van der Waals surface area contributed by atoms with Crippen molar-refractivity contribution in [1.29, 1.82) is 5.26 Å². The number of nitriles is 1. The van der Waals surface area contributed by atoms with Gasteiger partial charge in [0.05, 0.1) is 41.2 Å². The van der Waals surface area contributed by atoms with E-state index in [1.54, 1.807) is 30.6 Å². The third-order valence-electron chi connectivity index (χ3n) is 2.78. The lowest BCUT2D eigenvalue weighted by Gasteiger charge is -2.16. The van der Waals surface area contributed by atoms with E-state index < -0.39 is 0 Å². The summed E-state index contributed by atoms with van der Waals surface area (Å²) in [5.41, 5.74) is 2.45. The van der Waals surface area contributed by atoms with Crippen LogP contribution in [0.1, 0.15) is 29.2 Å². The van der Waals surface area contributed by atoms with E-state index in [1.807, 2.05) is 25.3 Å². The van der Waals surface area contributed by atoms with Crippen molar-refractivity contribution in [1.82, 2.24) is 4.98 Å². The van der Waals surface area contributed by atoms with Gasteiger partial charge < -0.3 is 10.1 Å². The van der Waals surface area contributed by atoms with Gasteiger partial charge >= 0.3 is 0 Å². The van der Waals surface area contributed by atoms with Crippen LogP contribution in [0.15, 0.2) is 23.6 Å². The SMILES string of the molecule is COc1cc(C#N)ccc1NC(C)c1csc(C)n1. The van der Waals surface area contributed by atoms with Crippen LogP contribution in [0.3, 0.4) is 0 Å². The minimum absolute atomic E-state index is 0.0896. The topological polar surface area (TPSA) is 57.9 Å². The first-order valence-electron chi connectivity index (χ1n) is 5.90. The number of hydrogen-bond donors (Lipinski definition) is 1. The highest BCUT2D eigenvalue weighted by Gasteiger charge is 2.11. The largest absolute Gasteiger partial charge is 0.495 e. The number of aromatic nitrogens is 1. The molecule has 1 heterocycles. The maximum atomic E-state index is 8.88. The first-order chi connectivity index (χ1) is 9.13. The number of nitrogens with zero attached hydrogens (tertiary/aromatic N) is 2. The Balaban J connectivity index is 2.21. The Kier molecular flexibility index (Phi) is 4.03. The molecule has 2 aromatic rings. The number of nitrogens with one attached hydrogen (secondary N) is 1. The second-order valence-electron chi connectivity index (χ2n) is 4.18. The summed E-state index contributed by atoms with van der Waals surface area (Å²) in [7, 11) is 1.60. The molecule has 98 valence electrons. The number of benzene rings is 1. The van der Waals surface area contributed by atoms with Crippen LogP contribution < -0.4 is 10.1 Å². The molecule has 0 aliphatic heterocycles. The summed E-state index contributed by atoms with van der Waals surface area (Å²) < 4.78 is 5.30. The average molecular weight is 273 g/mol. The molecule has 1 N–H and O–H groups in total. The molecule has 0 saturated heterocycles. The molecule has 0 fully saturated rings. The van der Waals surface area contributed by atoms with Crippen LogP contribution in [0.4, 0.5) is 5.69 Å². The zero-order chi connectivity index (χ0) is 13.8. The first-order valence-corrected chi connectivity index (χ1v) is 6.78. The van der Waals surface area contributed by atoms with Gasteiger partial charge in [0.1, 0.15) is 5.75 Å². The molecule has 19 heavy (non-hydrogen) atoms. The molecule has 0 saturated carbocycles. The van der Waals surface area contributed by atoms with Crippen molar-refractivity contribution in [2.24, 2.45) is 0 Å². The van der Waals surface area contributed by atoms with E-state index in [0.717, 1.165) is 16.4 Å². The van der Waals surface area contributed by atoms with Crippen molar-refractivity contribution in [3.63, 3.8) is 0 Å². The predicted octanol–water partition coefficient (Wildman–Crippen LogP) is 3.50. The Morgan fingerprint density at radius 3 is 2.84 bits per heavy atom. The number of methoxy groups -OCH3 is 1. The molecular weight excluding hydrogens is 258 g/mol. The van der Waals surface area contributed by atoms with E-state index in [0.29, 0.717) is 11.3 Å². The van der Waals surface area contributed by atoms with Gasteiger partial charge in [0, 0.05) is 11.4 Å². The number of aryl methyl sites for hydroxylation is 1. The highest BCUT2D eigenvalue weighted by atomic mass is 32.1. The van der Waals surface area contributed by atoms with E-state index in [9.17, 15) is 0 Å². The predicted molar refractivity (Wildman–Crippen MR) is 76.6 cm³/mol. The van der Waals surface area contributed by atoms with E-state index >= 15 is 0 Å². The van der Waals surface area contributed by atoms with Gasteiger partial charge in [0.25, 0.3) is 0 Å². The molecular formula is C14H15N3OS. The third-order valence-corrected chi connectivity index (χ3v) is 3.57. The molecule has 1 atom stereocenters. The van der Waals surface area contributed by atoms with E-state index in [1.165, 1.54) is 0 Å². The molecule has 0 amide bonds. The number of hydrogen-bond acceptors (Lipinski definition) is 5. The van der Waals surface area contributed by atoms with Crippen molar-refractivity contribution < 1.29 is 4.74 Å². The average Bonchev–Trinajstić information content (AvgIpc) is 2.86. The van der Waals surface area contributed by atoms with Gasteiger partial charge in [-0.2, -0.15) is 5.26 Å². The third kappa shape index (κ3) is 3.04. The molecule has 0 radical (unpaired) electrons. The van der Waals surface area contributed by atoms with Crippen LogP contribution in [0.5, 0.6) is 5.75 Å². The van der Waals surface area contributed by atoms with Crippen LogP contribution in [-0.4, -0.2) is 12.1 Å².